The van der Waals surface area contributed by atoms with Gasteiger partial charge < -0.3 is 0 Å². The van der Waals surface area contributed by atoms with Gasteiger partial charge in [-0.3, -0.25) is 5.43 Å². The zero-order valence-corrected chi connectivity index (χ0v) is 9.15. The van der Waals surface area contributed by atoms with Crippen LogP contribution in [0.4, 0.5) is 5.69 Å². The van der Waals surface area contributed by atoms with E-state index in [1.165, 1.54) is 6.33 Å². The smallest absolute Gasteiger partial charge is 0.237 e. The summed E-state index contributed by atoms with van der Waals surface area (Å²) in [4.78, 5) is 3.84. The van der Waals surface area contributed by atoms with E-state index >= 15 is 0 Å². The first kappa shape index (κ1) is 11.3. The number of nitrogens with zero attached hydrogens (tertiary/aromatic N) is 6. The van der Waals surface area contributed by atoms with Gasteiger partial charge in [-0.2, -0.15) is 20.7 Å². The first-order valence-corrected chi connectivity index (χ1v) is 4.92. The molecular weight excluding hydrogens is 230 g/mol. The Morgan fingerprint density at radius 2 is 1.94 bits per heavy atom. The fourth-order valence-electron chi connectivity index (χ4n) is 1.23. The van der Waals surface area contributed by atoms with Crippen LogP contribution in [0, 0.1) is 22.7 Å². The third-order valence-electron chi connectivity index (χ3n) is 2.06. The average molecular weight is 237 g/mol. The summed E-state index contributed by atoms with van der Waals surface area (Å²) in [5.74, 6) is 0. The van der Waals surface area contributed by atoms with Gasteiger partial charge in [0.25, 0.3) is 0 Å². The SMILES string of the molecule is N#CC(C#N)=NNc1ccc(-n2cncn2)cc1. The highest BCUT2D eigenvalue weighted by Gasteiger charge is 1.97. The Bertz CT molecular complexity index is 610. The first-order valence-electron chi connectivity index (χ1n) is 4.92. The number of benzene rings is 1. The van der Waals surface area contributed by atoms with Gasteiger partial charge in [0.1, 0.15) is 24.8 Å². The first-order chi connectivity index (χ1) is 8.83. The van der Waals surface area contributed by atoms with Crippen molar-refractivity contribution in [1.82, 2.24) is 14.8 Å². The molecule has 1 aromatic carbocycles. The number of aromatic nitrogens is 3. The topological polar surface area (TPSA) is 103 Å². The molecule has 1 aromatic heterocycles. The van der Waals surface area contributed by atoms with Crippen molar-refractivity contribution in [2.75, 3.05) is 5.43 Å². The van der Waals surface area contributed by atoms with E-state index in [4.69, 9.17) is 10.5 Å². The van der Waals surface area contributed by atoms with Crippen molar-refractivity contribution in [3.63, 3.8) is 0 Å². The van der Waals surface area contributed by atoms with Crippen LogP contribution in [-0.4, -0.2) is 20.5 Å². The predicted octanol–water partition coefficient (Wildman–Crippen LogP) is 1.08. The number of hydrogen-bond acceptors (Lipinski definition) is 6. The van der Waals surface area contributed by atoms with Gasteiger partial charge in [0.15, 0.2) is 0 Å². The molecule has 0 aliphatic carbocycles. The fraction of sp³-hybridized carbons (Fsp3) is 0. The lowest BCUT2D eigenvalue weighted by molar-refractivity contribution is 0.879. The van der Waals surface area contributed by atoms with E-state index in [2.05, 4.69) is 20.6 Å². The summed E-state index contributed by atoms with van der Waals surface area (Å²) in [6.07, 6.45) is 3.03. The van der Waals surface area contributed by atoms with Crippen LogP contribution >= 0.6 is 0 Å². The van der Waals surface area contributed by atoms with Gasteiger partial charge in [-0.25, -0.2) is 9.67 Å². The molecule has 0 aliphatic rings. The third-order valence-corrected chi connectivity index (χ3v) is 2.06. The van der Waals surface area contributed by atoms with E-state index in [0.717, 1.165) is 5.69 Å². The molecule has 0 unspecified atom stereocenters. The van der Waals surface area contributed by atoms with Crippen LogP contribution in [0.1, 0.15) is 0 Å². The summed E-state index contributed by atoms with van der Waals surface area (Å²) in [6, 6.07) is 10.5. The molecule has 2 aromatic rings. The van der Waals surface area contributed by atoms with Crippen LogP contribution < -0.4 is 5.43 Å². The van der Waals surface area contributed by atoms with Gasteiger partial charge in [0.05, 0.1) is 11.4 Å². The van der Waals surface area contributed by atoms with Gasteiger partial charge in [0, 0.05) is 0 Å². The zero-order chi connectivity index (χ0) is 12.8. The van der Waals surface area contributed by atoms with E-state index in [0.29, 0.717) is 5.69 Å². The summed E-state index contributed by atoms with van der Waals surface area (Å²) in [7, 11) is 0. The number of nitrogens with one attached hydrogen (secondary N) is 1. The quantitative estimate of drug-likeness (QED) is 0.635. The highest BCUT2D eigenvalue weighted by Crippen LogP contribution is 2.11. The fourth-order valence-corrected chi connectivity index (χ4v) is 1.23. The second kappa shape index (κ2) is 5.23. The van der Waals surface area contributed by atoms with Crippen molar-refractivity contribution in [2.45, 2.75) is 0 Å². The number of hydrogen-bond donors (Lipinski definition) is 1. The Kier molecular flexibility index (Phi) is 3.29. The number of hydrazone groups is 1. The lowest BCUT2D eigenvalue weighted by atomic mass is 10.3. The Morgan fingerprint density at radius 3 is 2.50 bits per heavy atom. The Balaban J connectivity index is 2.12. The minimum atomic E-state index is -0.227. The minimum absolute atomic E-state index is 0.227. The van der Waals surface area contributed by atoms with Crippen molar-refractivity contribution in [3.8, 4) is 17.8 Å². The molecule has 0 spiro atoms. The normalized spacial score (nSPS) is 9.00. The molecule has 7 heteroatoms. The van der Waals surface area contributed by atoms with Crippen molar-refractivity contribution in [1.29, 1.82) is 10.5 Å². The molecule has 0 fully saturated rings. The lowest BCUT2D eigenvalue weighted by Gasteiger charge is -2.02. The van der Waals surface area contributed by atoms with Gasteiger partial charge in [-0.1, -0.05) is 0 Å². The van der Waals surface area contributed by atoms with Gasteiger partial charge in [-0.15, -0.1) is 0 Å². The second-order valence-corrected chi connectivity index (χ2v) is 3.18. The summed E-state index contributed by atoms with van der Waals surface area (Å²) in [6.45, 7) is 0. The molecular formula is C11H7N7. The Morgan fingerprint density at radius 1 is 1.22 bits per heavy atom. The molecule has 0 amide bonds. The van der Waals surface area contributed by atoms with E-state index in [1.54, 1.807) is 35.3 Å². The van der Waals surface area contributed by atoms with Crippen LogP contribution in [0.3, 0.4) is 0 Å². The maximum Gasteiger partial charge on any atom is 0.237 e. The van der Waals surface area contributed by atoms with E-state index < -0.39 is 0 Å². The van der Waals surface area contributed by atoms with Crippen molar-refractivity contribution < 1.29 is 0 Å². The Labute approximate surface area is 103 Å². The molecule has 1 heterocycles. The van der Waals surface area contributed by atoms with Crippen LogP contribution in [0.2, 0.25) is 0 Å². The second-order valence-electron chi connectivity index (χ2n) is 3.18. The van der Waals surface area contributed by atoms with Gasteiger partial charge >= 0.3 is 0 Å². The third kappa shape index (κ3) is 2.49. The summed E-state index contributed by atoms with van der Waals surface area (Å²) >= 11 is 0. The van der Waals surface area contributed by atoms with Crippen LogP contribution in [0.25, 0.3) is 5.69 Å². The van der Waals surface area contributed by atoms with Crippen LogP contribution in [-0.2, 0) is 0 Å². The zero-order valence-electron chi connectivity index (χ0n) is 9.15. The summed E-state index contributed by atoms with van der Waals surface area (Å²) in [5.41, 5.74) is 3.91. The maximum atomic E-state index is 8.51. The molecule has 0 saturated heterocycles. The molecule has 0 aliphatic heterocycles. The largest absolute Gasteiger partial charge is 0.277 e. The minimum Gasteiger partial charge on any atom is -0.277 e. The van der Waals surface area contributed by atoms with E-state index in [1.807, 2.05) is 12.1 Å². The molecule has 0 saturated carbocycles. The number of rotatable bonds is 3. The lowest BCUT2D eigenvalue weighted by Crippen LogP contribution is -1.97. The Hall–Kier alpha value is -3.19. The van der Waals surface area contributed by atoms with Gasteiger partial charge in [-0.05, 0) is 24.3 Å². The molecule has 0 radical (unpaired) electrons. The number of anilines is 1. The molecule has 7 nitrogen and oxygen atoms in total. The average Bonchev–Trinajstić information content (AvgIpc) is 2.94. The van der Waals surface area contributed by atoms with E-state index in [-0.39, 0.29) is 5.71 Å². The van der Waals surface area contributed by atoms with Crippen molar-refractivity contribution in [3.05, 3.63) is 36.9 Å². The standard InChI is InChI=1S/C11H7N7/c12-5-10(6-13)17-16-9-1-3-11(4-2-9)18-8-14-7-15-18/h1-4,7-8,16H. The molecule has 1 N–H and O–H groups in total. The van der Waals surface area contributed by atoms with Crippen molar-refractivity contribution >= 4 is 11.4 Å². The predicted molar refractivity (Wildman–Crippen MR) is 63.6 cm³/mol. The molecule has 2 rings (SSSR count). The van der Waals surface area contributed by atoms with Crippen molar-refractivity contribution in [2.24, 2.45) is 5.10 Å². The molecule has 18 heavy (non-hydrogen) atoms. The van der Waals surface area contributed by atoms with E-state index in [9.17, 15) is 0 Å². The maximum absolute atomic E-state index is 8.51. The highest BCUT2D eigenvalue weighted by atomic mass is 15.3. The molecule has 0 atom stereocenters. The highest BCUT2D eigenvalue weighted by molar-refractivity contribution is 6.10. The summed E-state index contributed by atoms with van der Waals surface area (Å²) < 4.78 is 1.61. The van der Waals surface area contributed by atoms with Gasteiger partial charge in [0.2, 0.25) is 5.71 Å². The number of nitriles is 2. The summed E-state index contributed by atoms with van der Waals surface area (Å²) in [5, 5.41) is 24.6. The van der Waals surface area contributed by atoms with Crippen LogP contribution in [0.5, 0.6) is 0 Å². The van der Waals surface area contributed by atoms with Crippen LogP contribution in [0.15, 0.2) is 42.0 Å². The molecule has 86 valence electrons. The molecule has 0 bridgehead atoms. The monoisotopic (exact) mass is 237 g/mol.